The van der Waals surface area contributed by atoms with Crippen molar-refractivity contribution >= 4 is 27.6 Å². The lowest BCUT2D eigenvalue weighted by Gasteiger charge is -2.41. The standard InChI is InChI=1S/C41H39F2N5O6S/c42-35-21-33(23-46-39(35)43)55(51,52)48-19-18-37(48)40(49)47(25-31-22-45-36(24-44-31)30-14-8-3-9-15-30)32-16-17-34(41(50)54-27-29-12-6-2-7-13-29)38(20-32)53-26-28-10-4-1-5-11-28/h1-2,4-7,10-13,16-17,20-24,30,37H,3,8-9,14-15,18-19,25-27H2/t37-/m1/s1. The van der Waals surface area contributed by atoms with Crippen LogP contribution in [0.1, 0.15) is 77.3 Å². The Kier molecular flexibility index (Phi) is 11.5. The van der Waals surface area contributed by atoms with E-state index in [2.05, 4.69) is 9.97 Å². The molecule has 7 rings (SSSR count). The molecule has 0 N–H and O–H groups in total. The summed E-state index contributed by atoms with van der Waals surface area (Å²) in [5, 5.41) is 0. The van der Waals surface area contributed by atoms with E-state index in [1.807, 2.05) is 60.7 Å². The van der Waals surface area contributed by atoms with Crippen molar-refractivity contribution in [3.63, 3.8) is 0 Å². The summed E-state index contributed by atoms with van der Waals surface area (Å²) >= 11 is 0. The summed E-state index contributed by atoms with van der Waals surface area (Å²) < 4.78 is 67.6. The van der Waals surface area contributed by atoms with Gasteiger partial charge >= 0.3 is 5.97 Å². The Morgan fingerprint density at radius 1 is 0.800 bits per heavy atom. The molecular formula is C41H39F2N5O6S. The van der Waals surface area contributed by atoms with E-state index in [9.17, 15) is 26.8 Å². The maximum atomic E-state index is 14.5. The summed E-state index contributed by atoms with van der Waals surface area (Å²) in [6.07, 6.45) is 9.75. The molecule has 2 aliphatic rings. The SMILES string of the molecule is O=C(OCc1ccccc1)c1ccc(N(Cc2cnc(C3CCCCC3)cn2)C(=O)[C@H]2CCN2S(=O)(=O)c2cnc(F)c(F)c2)cc1OCc1ccccc1. The molecule has 1 saturated carbocycles. The summed E-state index contributed by atoms with van der Waals surface area (Å²) in [4.78, 5) is 41.4. The molecule has 284 valence electrons. The number of aromatic nitrogens is 3. The molecule has 0 unspecified atom stereocenters. The van der Waals surface area contributed by atoms with E-state index in [1.165, 1.54) is 17.4 Å². The minimum absolute atomic E-state index is 0.0269. The summed E-state index contributed by atoms with van der Waals surface area (Å²) in [5.41, 5.74) is 3.38. The monoisotopic (exact) mass is 767 g/mol. The molecule has 2 aromatic heterocycles. The molecule has 1 aliphatic heterocycles. The van der Waals surface area contributed by atoms with Crippen LogP contribution in [0.2, 0.25) is 0 Å². The quantitative estimate of drug-likeness (QED) is 0.0907. The molecule has 55 heavy (non-hydrogen) atoms. The van der Waals surface area contributed by atoms with Crippen molar-refractivity contribution in [1.82, 2.24) is 19.3 Å². The average molecular weight is 768 g/mol. The number of rotatable bonds is 13. The molecule has 0 bridgehead atoms. The van der Waals surface area contributed by atoms with Crippen molar-refractivity contribution in [3.05, 3.63) is 143 Å². The molecule has 1 amide bonds. The van der Waals surface area contributed by atoms with E-state index in [-0.39, 0.29) is 44.0 Å². The summed E-state index contributed by atoms with van der Waals surface area (Å²) in [5.74, 6) is -3.65. The molecule has 0 spiro atoms. The van der Waals surface area contributed by atoms with Gasteiger partial charge in [-0.2, -0.15) is 8.70 Å². The number of sulfonamides is 1. The molecule has 1 atom stereocenters. The van der Waals surface area contributed by atoms with Crippen LogP contribution in [0.3, 0.4) is 0 Å². The lowest BCUT2D eigenvalue weighted by molar-refractivity contribution is -0.125. The Morgan fingerprint density at radius 2 is 1.51 bits per heavy atom. The number of esters is 1. The van der Waals surface area contributed by atoms with E-state index in [0.717, 1.165) is 53.0 Å². The lowest BCUT2D eigenvalue weighted by Crippen LogP contribution is -2.59. The van der Waals surface area contributed by atoms with Crippen LogP contribution in [0.4, 0.5) is 14.5 Å². The van der Waals surface area contributed by atoms with Crippen LogP contribution < -0.4 is 9.64 Å². The largest absolute Gasteiger partial charge is 0.488 e. The highest BCUT2D eigenvalue weighted by Crippen LogP contribution is 2.34. The molecule has 11 nitrogen and oxygen atoms in total. The first-order chi connectivity index (χ1) is 26.7. The van der Waals surface area contributed by atoms with Gasteiger partial charge in [0.25, 0.3) is 0 Å². The third kappa shape index (κ3) is 8.71. The van der Waals surface area contributed by atoms with Gasteiger partial charge in [-0.25, -0.2) is 22.6 Å². The predicted molar refractivity (Wildman–Crippen MR) is 198 cm³/mol. The van der Waals surface area contributed by atoms with E-state index in [0.29, 0.717) is 23.4 Å². The Labute approximate surface area is 318 Å². The van der Waals surface area contributed by atoms with Gasteiger partial charge in [0.15, 0.2) is 5.82 Å². The number of hydrogen-bond donors (Lipinski definition) is 0. The van der Waals surface area contributed by atoms with Gasteiger partial charge in [-0.3, -0.25) is 14.8 Å². The van der Waals surface area contributed by atoms with Crippen molar-refractivity contribution in [1.29, 1.82) is 0 Å². The second-order valence-electron chi connectivity index (χ2n) is 13.6. The first-order valence-electron chi connectivity index (χ1n) is 18.1. The molecule has 3 heterocycles. The van der Waals surface area contributed by atoms with Crippen LogP contribution in [0.25, 0.3) is 0 Å². The molecule has 14 heteroatoms. The summed E-state index contributed by atoms with van der Waals surface area (Å²) in [6, 6.07) is 22.5. The van der Waals surface area contributed by atoms with Crippen LogP contribution in [0.5, 0.6) is 5.75 Å². The Balaban J connectivity index is 1.22. The minimum atomic E-state index is -4.43. The fraction of sp³-hybridized carbons (Fsp3) is 0.293. The third-order valence-corrected chi connectivity index (χ3v) is 11.8. The van der Waals surface area contributed by atoms with Gasteiger partial charge in [0.05, 0.1) is 30.3 Å². The van der Waals surface area contributed by atoms with Crippen LogP contribution in [-0.4, -0.2) is 52.1 Å². The second-order valence-corrected chi connectivity index (χ2v) is 15.5. The topological polar surface area (TPSA) is 132 Å². The van der Waals surface area contributed by atoms with Crippen molar-refractivity contribution in [2.75, 3.05) is 11.4 Å². The normalized spacial score (nSPS) is 16.2. The van der Waals surface area contributed by atoms with Crippen molar-refractivity contribution in [3.8, 4) is 5.75 Å². The first-order valence-corrected chi connectivity index (χ1v) is 19.6. The van der Waals surface area contributed by atoms with Crippen LogP contribution in [0, 0.1) is 11.8 Å². The zero-order valence-electron chi connectivity index (χ0n) is 29.9. The number of halogens is 2. The zero-order chi connectivity index (χ0) is 38.4. The highest BCUT2D eigenvalue weighted by molar-refractivity contribution is 7.89. The van der Waals surface area contributed by atoms with Gasteiger partial charge in [0, 0.05) is 36.5 Å². The fourth-order valence-corrected chi connectivity index (χ4v) is 8.36. The van der Waals surface area contributed by atoms with Gasteiger partial charge in [0.1, 0.15) is 35.5 Å². The number of hydrogen-bond acceptors (Lipinski definition) is 9. The maximum absolute atomic E-state index is 14.5. The molecule has 5 aromatic rings. The number of anilines is 1. The second kappa shape index (κ2) is 16.8. The summed E-state index contributed by atoms with van der Waals surface area (Å²) in [7, 11) is -4.43. The van der Waals surface area contributed by atoms with E-state index < -0.39 is 44.6 Å². The van der Waals surface area contributed by atoms with Gasteiger partial charge in [-0.15, -0.1) is 0 Å². The summed E-state index contributed by atoms with van der Waals surface area (Å²) in [6.45, 7) is 0.00425. The van der Waals surface area contributed by atoms with Crippen molar-refractivity contribution in [2.45, 2.75) is 75.1 Å². The van der Waals surface area contributed by atoms with Crippen molar-refractivity contribution < 1.29 is 36.3 Å². The Hall–Kier alpha value is -5.60. The average Bonchev–Trinajstić information content (AvgIpc) is 3.20. The molecule has 3 aromatic carbocycles. The van der Waals surface area contributed by atoms with Gasteiger partial charge in [0.2, 0.25) is 21.9 Å². The minimum Gasteiger partial charge on any atom is -0.488 e. The van der Waals surface area contributed by atoms with E-state index >= 15 is 0 Å². The van der Waals surface area contributed by atoms with E-state index in [4.69, 9.17) is 14.5 Å². The van der Waals surface area contributed by atoms with Crippen LogP contribution in [-0.2, 0) is 39.3 Å². The number of nitrogens with zero attached hydrogens (tertiary/aromatic N) is 5. The molecule has 1 aliphatic carbocycles. The van der Waals surface area contributed by atoms with Gasteiger partial charge in [-0.05, 0) is 42.5 Å². The number of carbonyl (C=O) groups is 2. The van der Waals surface area contributed by atoms with Crippen LogP contribution >= 0.6 is 0 Å². The number of amides is 1. The fourth-order valence-electron chi connectivity index (χ4n) is 6.78. The van der Waals surface area contributed by atoms with Gasteiger partial charge < -0.3 is 14.4 Å². The number of ether oxygens (including phenoxy) is 2. The number of carbonyl (C=O) groups excluding carboxylic acids is 2. The van der Waals surface area contributed by atoms with E-state index in [1.54, 1.807) is 24.5 Å². The zero-order valence-corrected chi connectivity index (χ0v) is 30.7. The lowest BCUT2D eigenvalue weighted by atomic mass is 9.87. The molecule has 1 saturated heterocycles. The maximum Gasteiger partial charge on any atom is 0.342 e. The Bertz CT molecular complexity index is 2240. The van der Waals surface area contributed by atoms with Crippen LogP contribution in [0.15, 0.2) is 108 Å². The molecular weight excluding hydrogens is 729 g/mol. The Morgan fingerprint density at radius 3 is 2.15 bits per heavy atom. The predicted octanol–water partition coefficient (Wildman–Crippen LogP) is 7.13. The first kappa shape index (κ1) is 37.7. The smallest absolute Gasteiger partial charge is 0.342 e. The molecule has 2 fully saturated rings. The molecule has 0 radical (unpaired) electrons. The van der Waals surface area contributed by atoms with Gasteiger partial charge in [-0.1, -0.05) is 79.9 Å². The number of pyridine rings is 1. The number of benzene rings is 3. The third-order valence-electron chi connectivity index (χ3n) is 9.91. The van der Waals surface area contributed by atoms with Crippen molar-refractivity contribution in [2.24, 2.45) is 0 Å². The highest BCUT2D eigenvalue weighted by Gasteiger charge is 2.45. The highest BCUT2D eigenvalue weighted by atomic mass is 32.2.